The lowest BCUT2D eigenvalue weighted by molar-refractivity contribution is 0.700. The summed E-state index contributed by atoms with van der Waals surface area (Å²) in [7, 11) is 0. The quantitative estimate of drug-likeness (QED) is 0.755. The second-order valence-corrected chi connectivity index (χ2v) is 7.13. The molecule has 0 heterocycles. The van der Waals surface area contributed by atoms with Crippen LogP contribution in [0.1, 0.15) is 38.3 Å². The van der Waals surface area contributed by atoms with Crippen molar-refractivity contribution in [2.45, 2.75) is 34.1 Å². The Morgan fingerprint density at radius 3 is 2.42 bits per heavy atom. The lowest BCUT2D eigenvalue weighted by Gasteiger charge is -2.16. The zero-order valence-electron chi connectivity index (χ0n) is 15.3. The Morgan fingerprint density at radius 1 is 1.04 bits per heavy atom. The summed E-state index contributed by atoms with van der Waals surface area (Å²) in [6.07, 6.45) is 7.49. The number of fused-ring (bicyclic) bond motifs is 2. The van der Waals surface area contributed by atoms with E-state index in [1.54, 1.807) is 0 Å². The molecule has 0 saturated carbocycles. The van der Waals surface area contributed by atoms with Crippen LogP contribution in [-0.4, -0.2) is 0 Å². The molecular formula is C24H26. The van der Waals surface area contributed by atoms with Crippen molar-refractivity contribution in [2.75, 3.05) is 0 Å². The largest absolute Gasteiger partial charge is 0.0984 e. The highest BCUT2D eigenvalue weighted by Gasteiger charge is 2.12. The van der Waals surface area contributed by atoms with Gasteiger partial charge in [0.2, 0.25) is 0 Å². The normalized spacial score (nSPS) is 23.4. The molecule has 0 spiro atoms. The van der Waals surface area contributed by atoms with E-state index in [9.17, 15) is 0 Å². The van der Waals surface area contributed by atoms with E-state index < -0.39 is 0 Å². The number of allylic oxidation sites excluding steroid dienone is 2. The van der Waals surface area contributed by atoms with Gasteiger partial charge < -0.3 is 0 Å². The van der Waals surface area contributed by atoms with Crippen LogP contribution in [0, 0.1) is 12.8 Å². The minimum atomic E-state index is 0.555. The maximum Gasteiger partial charge on any atom is -0.00301 e. The first-order valence-corrected chi connectivity index (χ1v) is 8.60. The highest BCUT2D eigenvalue weighted by atomic mass is 14.2. The number of rotatable bonds is 1. The van der Waals surface area contributed by atoms with E-state index in [1.165, 1.54) is 43.5 Å². The van der Waals surface area contributed by atoms with Crippen molar-refractivity contribution >= 4 is 41.7 Å². The van der Waals surface area contributed by atoms with Gasteiger partial charge in [-0.15, -0.1) is 0 Å². The highest BCUT2D eigenvalue weighted by molar-refractivity contribution is 5.93. The van der Waals surface area contributed by atoms with Gasteiger partial charge in [0, 0.05) is 0 Å². The van der Waals surface area contributed by atoms with E-state index in [0.29, 0.717) is 5.92 Å². The van der Waals surface area contributed by atoms with Gasteiger partial charge in [-0.05, 0) is 75.9 Å². The summed E-state index contributed by atoms with van der Waals surface area (Å²) in [5.41, 5.74) is 5.22. The van der Waals surface area contributed by atoms with Gasteiger partial charge in [0.1, 0.15) is 0 Å². The third-order valence-corrected chi connectivity index (χ3v) is 5.52. The van der Waals surface area contributed by atoms with E-state index >= 15 is 0 Å². The molecule has 2 aromatic carbocycles. The molecule has 0 bridgehead atoms. The molecular weight excluding hydrogens is 288 g/mol. The summed E-state index contributed by atoms with van der Waals surface area (Å²) in [5.74, 6) is 0.555. The predicted octanol–water partition coefficient (Wildman–Crippen LogP) is 3.55. The molecule has 0 heteroatoms. The average Bonchev–Trinajstić information content (AvgIpc) is 2.54. The number of hydrogen-bond acceptors (Lipinski definition) is 0. The maximum absolute atomic E-state index is 4.45. The number of benzene rings is 2. The number of aryl methyl sites for hydroxylation is 1. The van der Waals surface area contributed by atoms with E-state index in [0.717, 1.165) is 16.9 Å². The van der Waals surface area contributed by atoms with E-state index in [2.05, 4.69) is 71.7 Å². The zero-order chi connectivity index (χ0) is 17.6. The van der Waals surface area contributed by atoms with Gasteiger partial charge in [-0.2, -0.15) is 0 Å². The van der Waals surface area contributed by atoms with Gasteiger partial charge in [-0.25, -0.2) is 0 Å². The highest BCUT2D eigenvalue weighted by Crippen LogP contribution is 2.20. The Bertz CT molecular complexity index is 1110. The van der Waals surface area contributed by atoms with E-state index in [-0.39, 0.29) is 0 Å². The molecule has 1 unspecified atom stereocenters. The van der Waals surface area contributed by atoms with Gasteiger partial charge in [0.05, 0.1) is 0 Å². The topological polar surface area (TPSA) is 0 Å². The van der Waals surface area contributed by atoms with Crippen molar-refractivity contribution < 1.29 is 0 Å². The average molecular weight is 314 g/mol. The van der Waals surface area contributed by atoms with E-state index in [1.807, 2.05) is 6.08 Å². The van der Waals surface area contributed by atoms with Gasteiger partial charge in [0.25, 0.3) is 0 Å². The van der Waals surface area contributed by atoms with Crippen molar-refractivity contribution in [3.63, 3.8) is 0 Å². The molecule has 0 saturated heterocycles. The fourth-order valence-electron chi connectivity index (χ4n) is 3.92. The van der Waals surface area contributed by atoms with Gasteiger partial charge in [-0.3, -0.25) is 0 Å². The lowest BCUT2D eigenvalue weighted by Crippen LogP contribution is -2.49. The van der Waals surface area contributed by atoms with Crippen molar-refractivity contribution in [2.24, 2.45) is 5.92 Å². The molecule has 0 aliphatic heterocycles. The Kier molecular flexibility index (Phi) is 4.09. The van der Waals surface area contributed by atoms with Crippen LogP contribution in [0.4, 0.5) is 0 Å². The monoisotopic (exact) mass is 314 g/mol. The van der Waals surface area contributed by atoms with Gasteiger partial charge in [0.15, 0.2) is 0 Å². The molecule has 2 aromatic rings. The first-order valence-electron chi connectivity index (χ1n) is 8.60. The molecule has 0 amide bonds. The van der Waals surface area contributed by atoms with Crippen molar-refractivity contribution in [1.29, 1.82) is 0 Å². The summed E-state index contributed by atoms with van der Waals surface area (Å²) in [4.78, 5) is 0. The second-order valence-electron chi connectivity index (χ2n) is 7.13. The smallest absolute Gasteiger partial charge is 0.00301 e. The van der Waals surface area contributed by atoms with Crippen molar-refractivity contribution in [3.05, 3.63) is 62.4 Å². The third kappa shape index (κ3) is 2.38. The molecule has 0 radical (unpaired) electrons. The predicted molar refractivity (Wildman–Crippen MR) is 109 cm³/mol. The number of hydrogen-bond donors (Lipinski definition) is 0. The molecule has 0 nitrogen and oxygen atoms in total. The standard InChI is InChI=1S/C24H26/c1-8-20-15(3)10-12-22-18(6)23-17(5)13-16(4)14(2)9-11-21(23)19(7)24(20)22/h8-12,16H,1,6-7,13H2,2-5H3/b14-9-,21-11-,23-17+. The van der Waals surface area contributed by atoms with Crippen LogP contribution in [0.2, 0.25) is 0 Å². The molecule has 122 valence electrons. The molecule has 0 aromatic heterocycles. The molecule has 1 aliphatic rings. The first-order chi connectivity index (χ1) is 11.4. The maximum atomic E-state index is 4.45. The van der Waals surface area contributed by atoms with Crippen LogP contribution in [0.15, 0.2) is 30.4 Å². The first kappa shape index (κ1) is 16.5. The third-order valence-electron chi connectivity index (χ3n) is 5.52. The minimum absolute atomic E-state index is 0.555. The van der Waals surface area contributed by atoms with E-state index in [4.69, 9.17) is 0 Å². The molecule has 1 aliphatic carbocycles. The lowest BCUT2D eigenvalue weighted by atomic mass is 9.88. The molecule has 3 rings (SSSR count). The van der Waals surface area contributed by atoms with Crippen molar-refractivity contribution in [3.8, 4) is 0 Å². The van der Waals surface area contributed by atoms with Crippen LogP contribution in [-0.2, 0) is 0 Å². The zero-order valence-corrected chi connectivity index (χ0v) is 15.3. The van der Waals surface area contributed by atoms with Crippen LogP contribution in [0.25, 0.3) is 41.7 Å². The van der Waals surface area contributed by atoms with Crippen LogP contribution in [0.3, 0.4) is 0 Å². The summed E-state index contributed by atoms with van der Waals surface area (Å²) in [6, 6.07) is 4.35. The fraction of sp³-hybridized carbons (Fsp3) is 0.250. The van der Waals surface area contributed by atoms with Gasteiger partial charge in [-0.1, -0.05) is 68.2 Å². The van der Waals surface area contributed by atoms with Crippen LogP contribution < -0.4 is 20.9 Å². The Morgan fingerprint density at radius 2 is 1.75 bits per heavy atom. The summed E-state index contributed by atoms with van der Waals surface area (Å²) >= 11 is 0. The van der Waals surface area contributed by atoms with Crippen LogP contribution in [0.5, 0.6) is 0 Å². The molecule has 1 atom stereocenters. The summed E-state index contributed by atoms with van der Waals surface area (Å²) in [6.45, 7) is 21.8. The van der Waals surface area contributed by atoms with Gasteiger partial charge >= 0.3 is 0 Å². The Hall–Kier alpha value is -2.34. The molecule has 0 N–H and O–H groups in total. The SMILES string of the molecule is C=Cc1c(C)ccc2c(=C)c3/c(c(=C)c12)=C\C=C(\C)C(C)C/C=3C. The second kappa shape index (κ2) is 5.94. The molecule has 24 heavy (non-hydrogen) atoms. The Balaban J connectivity index is 2.70. The van der Waals surface area contributed by atoms with Crippen molar-refractivity contribution in [1.82, 2.24) is 0 Å². The fourth-order valence-corrected chi connectivity index (χ4v) is 3.92. The Labute approximate surface area is 144 Å². The molecule has 0 fully saturated rings. The van der Waals surface area contributed by atoms with Crippen LogP contribution >= 0.6 is 0 Å². The summed E-state index contributed by atoms with van der Waals surface area (Å²) in [5, 5.41) is 7.08. The summed E-state index contributed by atoms with van der Waals surface area (Å²) < 4.78 is 0. The minimum Gasteiger partial charge on any atom is -0.0984 e.